The number of ether oxygens (including phenoxy) is 2. The van der Waals surface area contributed by atoms with E-state index in [9.17, 15) is 9.59 Å². The van der Waals surface area contributed by atoms with Gasteiger partial charge in [-0.1, -0.05) is 19.2 Å². The maximum Gasteiger partial charge on any atom is 0.333 e. The molecule has 0 radical (unpaired) electrons. The highest BCUT2D eigenvalue weighted by Gasteiger charge is 2.14. The molecule has 4 heteroatoms. The maximum atomic E-state index is 10.8. The number of hydrogen-bond donors (Lipinski definition) is 0. The largest absolute Gasteiger partial charge is 0.422 e. The number of hydrogen-bond acceptors (Lipinski definition) is 4. The van der Waals surface area contributed by atoms with Crippen LogP contribution >= 0.6 is 0 Å². The Bertz CT molecular complexity index is 233. The van der Waals surface area contributed by atoms with Gasteiger partial charge in [0.05, 0.1) is 0 Å². The van der Waals surface area contributed by atoms with Crippen LogP contribution in [0.15, 0.2) is 38.0 Å². The summed E-state index contributed by atoms with van der Waals surface area (Å²) in [6.07, 6.45) is 2.69. The minimum atomic E-state index is -0.969. The van der Waals surface area contributed by atoms with E-state index >= 15 is 0 Å². The molecule has 0 heterocycles. The van der Waals surface area contributed by atoms with Crippen LogP contribution in [0.25, 0.3) is 0 Å². The van der Waals surface area contributed by atoms with Crippen LogP contribution < -0.4 is 0 Å². The molecule has 0 saturated carbocycles. The molecule has 0 aromatic rings. The quantitative estimate of drug-likeness (QED) is 0.278. The molecule has 0 aliphatic carbocycles. The Balaban J connectivity index is 4.20. The fourth-order valence-corrected chi connectivity index (χ4v) is 0.612. The van der Waals surface area contributed by atoms with Gasteiger partial charge in [0.25, 0.3) is 6.29 Å². The molecule has 0 unspecified atom stereocenters. The van der Waals surface area contributed by atoms with Gasteiger partial charge in [0.2, 0.25) is 0 Å². The summed E-state index contributed by atoms with van der Waals surface area (Å²) < 4.78 is 9.39. The van der Waals surface area contributed by atoms with Gasteiger partial charge in [-0.3, -0.25) is 0 Å². The van der Waals surface area contributed by atoms with Crippen LogP contribution in [0.4, 0.5) is 0 Å². The van der Waals surface area contributed by atoms with Gasteiger partial charge in [-0.2, -0.15) is 0 Å². The lowest BCUT2D eigenvalue weighted by Crippen LogP contribution is -2.22. The van der Waals surface area contributed by atoms with Crippen LogP contribution in [0.2, 0.25) is 0 Å². The lowest BCUT2D eigenvalue weighted by Gasteiger charge is -2.14. The van der Waals surface area contributed by atoms with E-state index in [0.29, 0.717) is 0 Å². The smallest absolute Gasteiger partial charge is 0.333 e. The average molecular weight is 196 g/mol. The molecule has 0 aliphatic rings. The summed E-state index contributed by atoms with van der Waals surface area (Å²) in [6.45, 7) is 9.86. The van der Waals surface area contributed by atoms with Gasteiger partial charge in [-0.15, -0.1) is 6.58 Å². The standard InChI is InChI=1S/C10H12O4/c1-4-7-10(13-8(11)5-2)14-9(12)6-3/h4-6,10H,1-3,7H2. The molecule has 0 aliphatic heterocycles. The van der Waals surface area contributed by atoms with Crippen LogP contribution in [0.1, 0.15) is 6.42 Å². The first-order chi connectivity index (χ1) is 6.63. The molecular weight excluding hydrogens is 184 g/mol. The van der Waals surface area contributed by atoms with Crippen LogP contribution in [0.3, 0.4) is 0 Å². The Kier molecular flexibility index (Phi) is 5.78. The Morgan fingerprint density at radius 1 is 1.07 bits per heavy atom. The van der Waals surface area contributed by atoms with Gasteiger partial charge in [0, 0.05) is 18.6 Å². The molecule has 0 rings (SSSR count). The number of esters is 2. The van der Waals surface area contributed by atoms with Crippen molar-refractivity contribution in [3.05, 3.63) is 38.0 Å². The van der Waals surface area contributed by atoms with E-state index in [0.717, 1.165) is 12.2 Å². The minimum Gasteiger partial charge on any atom is -0.422 e. The molecule has 0 bridgehead atoms. The van der Waals surface area contributed by atoms with Gasteiger partial charge in [0.1, 0.15) is 0 Å². The second-order valence-corrected chi connectivity index (χ2v) is 2.24. The van der Waals surface area contributed by atoms with Crippen LogP contribution in [0.5, 0.6) is 0 Å². The second kappa shape index (κ2) is 6.65. The minimum absolute atomic E-state index is 0.221. The maximum absolute atomic E-state index is 10.8. The monoisotopic (exact) mass is 196 g/mol. The third-order valence-corrected chi connectivity index (χ3v) is 1.19. The van der Waals surface area contributed by atoms with Crippen molar-refractivity contribution in [2.24, 2.45) is 0 Å². The van der Waals surface area contributed by atoms with Crippen LogP contribution in [0, 0.1) is 0 Å². The van der Waals surface area contributed by atoms with Gasteiger partial charge in [-0.25, -0.2) is 9.59 Å². The number of carbonyl (C=O) groups excluding carboxylic acids is 2. The van der Waals surface area contributed by atoms with Gasteiger partial charge in [-0.05, 0) is 0 Å². The Labute approximate surface area is 82.5 Å². The molecule has 0 spiro atoms. The predicted molar refractivity (Wildman–Crippen MR) is 51.2 cm³/mol. The van der Waals surface area contributed by atoms with Crippen molar-refractivity contribution >= 4 is 11.9 Å². The van der Waals surface area contributed by atoms with Crippen molar-refractivity contribution in [3.63, 3.8) is 0 Å². The Morgan fingerprint density at radius 3 is 1.79 bits per heavy atom. The molecular formula is C10H12O4. The van der Waals surface area contributed by atoms with Gasteiger partial charge >= 0.3 is 11.9 Å². The summed E-state index contributed by atoms with van der Waals surface area (Å²) in [5.41, 5.74) is 0. The van der Waals surface area contributed by atoms with E-state index in [1.807, 2.05) is 0 Å². The topological polar surface area (TPSA) is 52.6 Å². The molecule has 0 fully saturated rings. The molecule has 4 nitrogen and oxygen atoms in total. The highest BCUT2D eigenvalue weighted by atomic mass is 16.7. The first-order valence-corrected chi connectivity index (χ1v) is 3.91. The van der Waals surface area contributed by atoms with E-state index in [1.54, 1.807) is 0 Å². The highest BCUT2D eigenvalue weighted by molar-refractivity contribution is 5.83. The first-order valence-electron chi connectivity index (χ1n) is 3.91. The van der Waals surface area contributed by atoms with E-state index in [1.165, 1.54) is 6.08 Å². The zero-order valence-electron chi connectivity index (χ0n) is 7.77. The van der Waals surface area contributed by atoms with Crippen molar-refractivity contribution in [2.75, 3.05) is 0 Å². The molecule has 0 aromatic heterocycles. The molecule has 0 N–H and O–H groups in total. The molecule has 0 amide bonds. The van der Waals surface area contributed by atoms with Crippen molar-refractivity contribution < 1.29 is 19.1 Å². The molecule has 14 heavy (non-hydrogen) atoms. The Morgan fingerprint density at radius 2 is 1.50 bits per heavy atom. The molecule has 76 valence electrons. The van der Waals surface area contributed by atoms with Gasteiger partial charge in [0.15, 0.2) is 0 Å². The zero-order valence-corrected chi connectivity index (χ0v) is 7.77. The summed E-state index contributed by atoms with van der Waals surface area (Å²) >= 11 is 0. The summed E-state index contributed by atoms with van der Waals surface area (Å²) in [6, 6.07) is 0. The summed E-state index contributed by atoms with van der Waals surface area (Å²) in [5.74, 6) is -1.32. The molecule has 0 aromatic carbocycles. The second-order valence-electron chi connectivity index (χ2n) is 2.24. The van der Waals surface area contributed by atoms with Crippen LogP contribution in [-0.2, 0) is 19.1 Å². The molecule has 0 saturated heterocycles. The van der Waals surface area contributed by atoms with E-state index in [4.69, 9.17) is 9.47 Å². The highest BCUT2D eigenvalue weighted by Crippen LogP contribution is 2.03. The predicted octanol–water partition coefficient (Wildman–Crippen LogP) is 1.35. The SMILES string of the molecule is C=CCC(OC(=O)C=C)OC(=O)C=C. The lowest BCUT2D eigenvalue weighted by atomic mass is 10.4. The summed E-state index contributed by atoms with van der Waals surface area (Å²) in [7, 11) is 0. The van der Waals surface area contributed by atoms with E-state index in [2.05, 4.69) is 19.7 Å². The third-order valence-electron chi connectivity index (χ3n) is 1.19. The van der Waals surface area contributed by atoms with Crippen molar-refractivity contribution in [1.29, 1.82) is 0 Å². The van der Waals surface area contributed by atoms with Crippen molar-refractivity contribution in [1.82, 2.24) is 0 Å². The summed E-state index contributed by atoms with van der Waals surface area (Å²) in [5, 5.41) is 0. The number of rotatable bonds is 6. The first kappa shape index (κ1) is 12.2. The third kappa shape index (κ3) is 4.92. The van der Waals surface area contributed by atoms with E-state index < -0.39 is 18.2 Å². The Hall–Kier alpha value is -1.84. The molecule has 0 atom stereocenters. The average Bonchev–Trinajstić information content (AvgIpc) is 2.17. The van der Waals surface area contributed by atoms with Crippen molar-refractivity contribution in [2.45, 2.75) is 12.7 Å². The van der Waals surface area contributed by atoms with Crippen molar-refractivity contribution in [3.8, 4) is 0 Å². The van der Waals surface area contributed by atoms with E-state index in [-0.39, 0.29) is 6.42 Å². The summed E-state index contributed by atoms with van der Waals surface area (Å²) in [4.78, 5) is 21.6. The fourth-order valence-electron chi connectivity index (χ4n) is 0.612. The zero-order chi connectivity index (χ0) is 11.0. The van der Waals surface area contributed by atoms with Crippen LogP contribution in [-0.4, -0.2) is 18.2 Å². The fraction of sp³-hybridized carbons (Fsp3) is 0.200. The lowest BCUT2D eigenvalue weighted by molar-refractivity contribution is -0.179. The number of carbonyl (C=O) groups is 2. The normalized spacial score (nSPS) is 8.93. The van der Waals surface area contributed by atoms with Gasteiger partial charge < -0.3 is 9.47 Å².